The molecule has 0 aliphatic carbocycles. The quantitative estimate of drug-likeness (QED) is 0.0764. The fourth-order valence-electron chi connectivity index (χ4n) is 5.33. The van der Waals surface area contributed by atoms with E-state index < -0.39 is 23.3 Å². The predicted molar refractivity (Wildman–Crippen MR) is 218 cm³/mol. The molecule has 0 bridgehead atoms. The molecule has 7 nitrogen and oxygen atoms in total. The number of hydrogen-bond donors (Lipinski definition) is 2. The van der Waals surface area contributed by atoms with E-state index in [9.17, 15) is 27.2 Å². The number of anilines is 4. The van der Waals surface area contributed by atoms with Crippen LogP contribution in [0.15, 0.2) is 126 Å². The molecule has 0 unspecified atom stereocenters. The van der Waals surface area contributed by atoms with Crippen molar-refractivity contribution in [1.29, 1.82) is 0 Å². The van der Waals surface area contributed by atoms with E-state index in [4.69, 9.17) is 9.47 Å². The first kappa shape index (κ1) is 41.7. The molecule has 6 aromatic carbocycles. The van der Waals surface area contributed by atoms with Gasteiger partial charge in [0.15, 0.2) is 11.6 Å². The van der Waals surface area contributed by atoms with Crippen LogP contribution < -0.4 is 20.1 Å². The Hall–Kier alpha value is -6.42. The first-order valence-electron chi connectivity index (χ1n) is 17.2. The van der Waals surface area contributed by atoms with Crippen molar-refractivity contribution in [2.45, 2.75) is 0 Å². The molecule has 0 saturated carbocycles. The molecule has 0 atom stereocenters. The summed E-state index contributed by atoms with van der Waals surface area (Å²) in [5, 5.41) is 5.72. The SMILES string of the molecule is COc1ccc(Br)cc1C(=O)c1ccc(Nc2ccc(F)cc2F)cc1.COc1ccc(C#CCN(C)C)cc1C(=O)c1ccc(Nc2ccc(F)cc2F)cc1. The van der Waals surface area contributed by atoms with Gasteiger partial charge in [0.25, 0.3) is 0 Å². The van der Waals surface area contributed by atoms with Crippen LogP contribution >= 0.6 is 15.9 Å². The molecule has 0 saturated heterocycles. The lowest BCUT2D eigenvalue weighted by molar-refractivity contribution is 0.102. The summed E-state index contributed by atoms with van der Waals surface area (Å²) in [6.07, 6.45) is 0. The van der Waals surface area contributed by atoms with Gasteiger partial charge in [-0.05, 0) is 123 Å². The van der Waals surface area contributed by atoms with Crippen LogP contribution in [0.2, 0.25) is 0 Å². The fourth-order valence-corrected chi connectivity index (χ4v) is 5.70. The summed E-state index contributed by atoms with van der Waals surface area (Å²) in [4.78, 5) is 27.7. The monoisotopic (exact) mass is 837 g/mol. The van der Waals surface area contributed by atoms with Gasteiger partial charge >= 0.3 is 0 Å². The van der Waals surface area contributed by atoms with Gasteiger partial charge in [-0.3, -0.25) is 14.5 Å². The Kier molecular flexibility index (Phi) is 14.2. The molecule has 0 amide bonds. The van der Waals surface area contributed by atoms with Gasteiger partial charge in [0, 0.05) is 44.7 Å². The second kappa shape index (κ2) is 19.4. The zero-order valence-corrected chi connectivity index (χ0v) is 32.8. The van der Waals surface area contributed by atoms with Crippen molar-refractivity contribution in [3.05, 3.63) is 177 Å². The predicted octanol–water partition coefficient (Wildman–Crippen LogP) is 10.6. The molecule has 6 aromatic rings. The highest BCUT2D eigenvalue weighted by atomic mass is 79.9. The number of carbonyl (C=O) groups is 2. The number of nitrogens with one attached hydrogen (secondary N) is 2. The van der Waals surface area contributed by atoms with E-state index in [0.29, 0.717) is 51.7 Å². The highest BCUT2D eigenvalue weighted by molar-refractivity contribution is 9.10. The molecule has 12 heteroatoms. The Morgan fingerprint density at radius 3 is 1.51 bits per heavy atom. The van der Waals surface area contributed by atoms with E-state index in [2.05, 4.69) is 38.4 Å². The molecule has 0 radical (unpaired) electrons. The van der Waals surface area contributed by atoms with E-state index in [0.717, 1.165) is 22.2 Å². The largest absolute Gasteiger partial charge is 0.496 e. The number of benzene rings is 6. The van der Waals surface area contributed by atoms with Crippen LogP contribution in [0.25, 0.3) is 0 Å². The molecule has 0 aliphatic rings. The highest BCUT2D eigenvalue weighted by Crippen LogP contribution is 2.28. The maximum atomic E-state index is 13.8. The molecular weight excluding hydrogens is 802 g/mol. The third kappa shape index (κ3) is 11.3. The Labute approximate surface area is 336 Å². The van der Waals surface area contributed by atoms with E-state index in [1.165, 1.54) is 38.5 Å². The van der Waals surface area contributed by atoms with E-state index in [1.807, 2.05) is 25.1 Å². The van der Waals surface area contributed by atoms with Crippen LogP contribution in [0, 0.1) is 35.1 Å². The number of ether oxygens (including phenoxy) is 2. The Morgan fingerprint density at radius 1 is 0.614 bits per heavy atom. The molecule has 0 heterocycles. The summed E-state index contributed by atoms with van der Waals surface area (Å²) < 4.78 is 64.9. The fraction of sp³-hybridized carbons (Fsp3) is 0.111. The van der Waals surface area contributed by atoms with E-state index in [1.54, 1.807) is 78.9 Å². The van der Waals surface area contributed by atoms with Crippen LogP contribution in [-0.4, -0.2) is 51.3 Å². The molecule has 6 rings (SSSR count). The van der Waals surface area contributed by atoms with Crippen LogP contribution in [0.5, 0.6) is 11.5 Å². The molecule has 57 heavy (non-hydrogen) atoms. The second-order valence-corrected chi connectivity index (χ2v) is 13.5. The summed E-state index contributed by atoms with van der Waals surface area (Å²) in [6, 6.07) is 30.2. The summed E-state index contributed by atoms with van der Waals surface area (Å²) in [7, 11) is 6.87. The van der Waals surface area contributed by atoms with Crippen LogP contribution in [0.1, 0.15) is 37.4 Å². The molecule has 0 spiro atoms. The third-order valence-electron chi connectivity index (χ3n) is 8.19. The van der Waals surface area contributed by atoms with Crippen LogP contribution in [0.4, 0.5) is 40.3 Å². The van der Waals surface area contributed by atoms with Gasteiger partial charge in [-0.25, -0.2) is 17.6 Å². The number of ketones is 2. The topological polar surface area (TPSA) is 79.9 Å². The van der Waals surface area contributed by atoms with Crippen molar-refractivity contribution in [3.8, 4) is 23.3 Å². The third-order valence-corrected chi connectivity index (χ3v) is 8.69. The van der Waals surface area contributed by atoms with Crippen LogP contribution in [-0.2, 0) is 0 Å². The molecule has 2 N–H and O–H groups in total. The zero-order chi connectivity index (χ0) is 41.1. The zero-order valence-electron chi connectivity index (χ0n) is 31.2. The molecule has 0 fully saturated rings. The number of methoxy groups -OCH3 is 2. The van der Waals surface area contributed by atoms with Gasteiger partial charge in [0.1, 0.15) is 34.8 Å². The minimum atomic E-state index is -0.697. The van der Waals surface area contributed by atoms with Crippen LogP contribution in [0.3, 0.4) is 0 Å². The molecular formula is C45H36BrF4N3O4. The maximum Gasteiger partial charge on any atom is 0.196 e. The van der Waals surface area contributed by atoms with Crippen molar-refractivity contribution < 1.29 is 36.6 Å². The minimum Gasteiger partial charge on any atom is -0.496 e. The lowest BCUT2D eigenvalue weighted by Gasteiger charge is -2.10. The van der Waals surface area contributed by atoms with Crippen molar-refractivity contribution in [2.75, 3.05) is 45.5 Å². The first-order chi connectivity index (χ1) is 27.3. The number of carbonyl (C=O) groups excluding carboxylic acids is 2. The first-order valence-corrected chi connectivity index (χ1v) is 18.0. The van der Waals surface area contributed by atoms with E-state index >= 15 is 0 Å². The second-order valence-electron chi connectivity index (χ2n) is 12.6. The number of nitrogens with zero attached hydrogens (tertiary/aromatic N) is 1. The Morgan fingerprint density at radius 2 is 1.07 bits per heavy atom. The number of halogens is 5. The van der Waals surface area contributed by atoms with Gasteiger partial charge in [-0.1, -0.05) is 27.8 Å². The van der Waals surface area contributed by atoms with Crippen molar-refractivity contribution in [1.82, 2.24) is 4.90 Å². The highest BCUT2D eigenvalue weighted by Gasteiger charge is 2.17. The standard InChI is InChI=1S/C25H22F2N2O2.C20H14BrF2NO2/c1-29(2)14-4-5-17-6-13-24(31-3)21(15-17)25(30)18-7-10-20(11-8-18)28-23-12-9-19(26)16-22(23)27;1-26-19-9-4-13(21)10-16(19)20(25)12-2-6-15(7-3-12)24-18-8-5-14(22)11-17(18)23/h6-13,15-16,28H,14H2,1-3H3;2-11,24H,1H3. The summed E-state index contributed by atoms with van der Waals surface area (Å²) >= 11 is 3.35. The normalized spacial score (nSPS) is 10.4. The number of hydrogen-bond acceptors (Lipinski definition) is 7. The van der Waals surface area contributed by atoms with Gasteiger partial charge in [0.2, 0.25) is 0 Å². The number of rotatable bonds is 11. The van der Waals surface area contributed by atoms with Gasteiger partial charge < -0.3 is 20.1 Å². The molecule has 0 aromatic heterocycles. The average molecular weight is 839 g/mol. The smallest absolute Gasteiger partial charge is 0.196 e. The minimum absolute atomic E-state index is 0.145. The molecule has 290 valence electrons. The lowest BCUT2D eigenvalue weighted by atomic mass is 10.00. The lowest BCUT2D eigenvalue weighted by Crippen LogP contribution is -2.10. The van der Waals surface area contributed by atoms with Crippen molar-refractivity contribution >= 4 is 50.2 Å². The van der Waals surface area contributed by atoms with Crippen molar-refractivity contribution in [2.24, 2.45) is 0 Å². The summed E-state index contributed by atoms with van der Waals surface area (Å²) in [5.41, 5.74) is 3.91. The summed E-state index contributed by atoms with van der Waals surface area (Å²) in [5.74, 6) is 3.95. The molecule has 0 aliphatic heterocycles. The van der Waals surface area contributed by atoms with Gasteiger partial charge in [0.05, 0.1) is 43.3 Å². The Balaban J connectivity index is 0.000000221. The Bertz CT molecular complexity index is 2450. The summed E-state index contributed by atoms with van der Waals surface area (Å²) in [6.45, 7) is 0.610. The average Bonchev–Trinajstić information content (AvgIpc) is 3.20. The van der Waals surface area contributed by atoms with E-state index in [-0.39, 0.29) is 22.9 Å². The maximum absolute atomic E-state index is 13.8. The van der Waals surface area contributed by atoms with Gasteiger partial charge in [-0.2, -0.15) is 0 Å². The van der Waals surface area contributed by atoms with Crippen molar-refractivity contribution in [3.63, 3.8) is 0 Å². The van der Waals surface area contributed by atoms with Gasteiger partial charge in [-0.15, -0.1) is 0 Å².